The van der Waals surface area contributed by atoms with Crippen molar-refractivity contribution in [3.8, 4) is 33.4 Å². The highest BCUT2D eigenvalue weighted by atomic mass is 32.1. The Morgan fingerprint density at radius 1 is 0.362 bits per heavy atom. The molecule has 9 aromatic carbocycles. The number of benzene rings is 9. The average Bonchev–Trinajstić information content (AvgIpc) is 4.02. The molecule has 2 nitrogen and oxygen atoms in total. The molecule has 0 radical (unpaired) electrons. The lowest BCUT2D eigenvalue weighted by atomic mass is 9.70. The number of hydrogen-bond donors (Lipinski definition) is 0. The van der Waals surface area contributed by atoms with Crippen LogP contribution in [0.3, 0.4) is 0 Å². The fourth-order valence-electron chi connectivity index (χ4n) is 10.4. The summed E-state index contributed by atoms with van der Waals surface area (Å²) in [6.07, 6.45) is 0. The first-order valence-electron chi connectivity index (χ1n) is 19.9. The van der Waals surface area contributed by atoms with Crippen molar-refractivity contribution < 1.29 is 4.42 Å². The first-order chi connectivity index (χ1) is 28.8. The molecule has 2 aliphatic carbocycles. The maximum Gasteiger partial charge on any atom is 0.136 e. The predicted octanol–water partition coefficient (Wildman–Crippen LogP) is 15.4. The number of fused-ring (bicyclic) bond motifs is 16. The topological polar surface area (TPSA) is 16.4 Å². The fraction of sp³-hybridized carbons (Fsp3) is 0.0182. The Kier molecular flexibility index (Phi) is 6.56. The van der Waals surface area contributed by atoms with E-state index in [-0.39, 0.29) is 0 Å². The van der Waals surface area contributed by atoms with Gasteiger partial charge in [-0.05, 0) is 98.6 Å². The van der Waals surface area contributed by atoms with Crippen molar-refractivity contribution in [3.63, 3.8) is 0 Å². The molecule has 0 unspecified atom stereocenters. The molecule has 0 saturated heterocycles. The van der Waals surface area contributed by atoms with Crippen LogP contribution < -0.4 is 4.90 Å². The molecule has 2 heterocycles. The summed E-state index contributed by atoms with van der Waals surface area (Å²) < 4.78 is 9.01. The van der Waals surface area contributed by atoms with E-state index in [0.717, 1.165) is 50.1 Å². The highest BCUT2D eigenvalue weighted by Gasteiger charge is 2.51. The standard InChI is InChI=1S/C55H33NOS/c1-7-21-45-36(14-1)37-15-2-8-22-46(37)55(45)47-23-9-3-16-38(47)39-30-28-34(32-48(39)55)56(35-29-31-42-41-18-6-12-27-52(41)58-53(42)33-35)49-24-10-4-17-40(49)43-20-13-26-51-54(43)44-19-5-11-25-50(44)57-51/h1-33H. The molecule has 0 aliphatic heterocycles. The van der Waals surface area contributed by atoms with Gasteiger partial charge < -0.3 is 9.32 Å². The number of nitrogens with zero attached hydrogens (tertiary/aromatic N) is 1. The molecule has 0 atom stereocenters. The van der Waals surface area contributed by atoms with E-state index in [2.05, 4.69) is 199 Å². The molecule has 13 rings (SSSR count). The van der Waals surface area contributed by atoms with Crippen LogP contribution in [-0.2, 0) is 5.41 Å². The van der Waals surface area contributed by atoms with Crippen molar-refractivity contribution in [1.29, 1.82) is 0 Å². The lowest BCUT2D eigenvalue weighted by molar-refractivity contribution is 0.669. The molecular formula is C55H33NOS. The van der Waals surface area contributed by atoms with Crippen LogP contribution in [0.2, 0.25) is 0 Å². The Morgan fingerprint density at radius 2 is 0.897 bits per heavy atom. The maximum absolute atomic E-state index is 6.44. The van der Waals surface area contributed by atoms with Crippen molar-refractivity contribution in [2.45, 2.75) is 5.41 Å². The summed E-state index contributed by atoms with van der Waals surface area (Å²) in [6, 6.07) is 73.8. The number of rotatable bonds is 4. The van der Waals surface area contributed by atoms with Gasteiger partial charge in [-0.1, -0.05) is 152 Å². The van der Waals surface area contributed by atoms with Crippen molar-refractivity contribution in [1.82, 2.24) is 0 Å². The van der Waals surface area contributed by atoms with E-state index in [9.17, 15) is 0 Å². The first kappa shape index (κ1) is 31.9. The highest BCUT2D eigenvalue weighted by Crippen LogP contribution is 2.63. The second kappa shape index (κ2) is 11.9. The van der Waals surface area contributed by atoms with Gasteiger partial charge in [0.15, 0.2) is 0 Å². The lowest BCUT2D eigenvalue weighted by Gasteiger charge is -2.32. The minimum atomic E-state index is -0.447. The molecule has 0 bridgehead atoms. The van der Waals surface area contributed by atoms with E-state index >= 15 is 0 Å². The van der Waals surface area contributed by atoms with Crippen LogP contribution in [0.4, 0.5) is 17.1 Å². The molecule has 2 aliphatic rings. The van der Waals surface area contributed by atoms with Crippen molar-refractivity contribution in [3.05, 3.63) is 222 Å². The molecule has 2 aromatic heterocycles. The van der Waals surface area contributed by atoms with E-state index in [0.29, 0.717) is 0 Å². The summed E-state index contributed by atoms with van der Waals surface area (Å²) in [6.45, 7) is 0. The van der Waals surface area contributed by atoms with Gasteiger partial charge in [-0.3, -0.25) is 0 Å². The Labute approximate surface area is 339 Å². The molecule has 270 valence electrons. The van der Waals surface area contributed by atoms with E-state index in [1.807, 2.05) is 17.4 Å². The third-order valence-corrected chi connectivity index (χ3v) is 13.8. The molecule has 0 saturated carbocycles. The Bertz CT molecular complexity index is 3430. The zero-order chi connectivity index (χ0) is 38.0. The summed E-state index contributed by atoms with van der Waals surface area (Å²) in [7, 11) is 0. The molecule has 3 heteroatoms. The smallest absolute Gasteiger partial charge is 0.136 e. The maximum atomic E-state index is 6.44. The van der Waals surface area contributed by atoms with Crippen molar-refractivity contribution in [2.75, 3.05) is 4.90 Å². The third-order valence-electron chi connectivity index (χ3n) is 12.7. The van der Waals surface area contributed by atoms with E-state index in [4.69, 9.17) is 4.42 Å². The van der Waals surface area contributed by atoms with Crippen LogP contribution >= 0.6 is 11.3 Å². The van der Waals surface area contributed by atoms with Crippen LogP contribution in [0.1, 0.15) is 22.3 Å². The van der Waals surface area contributed by atoms with Gasteiger partial charge in [0.1, 0.15) is 11.2 Å². The SMILES string of the molecule is c1ccc(N(c2ccc3c(c2)C2(c4ccccc4-c4ccccc42)c2ccccc2-3)c2ccc3c(c2)sc2ccccc23)c(-c2cccc3oc4ccccc4c23)c1. The molecule has 58 heavy (non-hydrogen) atoms. The van der Waals surface area contributed by atoms with E-state index < -0.39 is 5.41 Å². The van der Waals surface area contributed by atoms with Gasteiger partial charge >= 0.3 is 0 Å². The largest absolute Gasteiger partial charge is 0.456 e. The van der Waals surface area contributed by atoms with Gasteiger partial charge in [0.2, 0.25) is 0 Å². The summed E-state index contributed by atoms with van der Waals surface area (Å²) in [4.78, 5) is 2.49. The zero-order valence-corrected chi connectivity index (χ0v) is 32.1. The van der Waals surface area contributed by atoms with Gasteiger partial charge in [-0.25, -0.2) is 0 Å². The molecular weight excluding hydrogens is 723 g/mol. The van der Waals surface area contributed by atoms with Gasteiger partial charge in [-0.15, -0.1) is 11.3 Å². The molecule has 0 N–H and O–H groups in total. The van der Waals surface area contributed by atoms with E-state index in [1.54, 1.807) is 0 Å². The van der Waals surface area contributed by atoms with Crippen LogP contribution in [0.5, 0.6) is 0 Å². The summed E-state index contributed by atoms with van der Waals surface area (Å²) in [5.74, 6) is 0. The van der Waals surface area contributed by atoms with Gasteiger partial charge in [0, 0.05) is 47.9 Å². The molecule has 0 amide bonds. The third kappa shape index (κ3) is 4.21. The summed E-state index contributed by atoms with van der Waals surface area (Å²) in [5, 5.41) is 4.84. The van der Waals surface area contributed by atoms with Crippen LogP contribution in [0.15, 0.2) is 205 Å². The van der Waals surface area contributed by atoms with Crippen LogP contribution in [0.25, 0.3) is 75.5 Å². The highest BCUT2D eigenvalue weighted by molar-refractivity contribution is 7.25. The number of furan rings is 1. The van der Waals surface area contributed by atoms with Gasteiger partial charge in [0.05, 0.1) is 11.1 Å². The average molecular weight is 756 g/mol. The van der Waals surface area contributed by atoms with Crippen molar-refractivity contribution in [2.24, 2.45) is 0 Å². The van der Waals surface area contributed by atoms with Gasteiger partial charge in [-0.2, -0.15) is 0 Å². The monoisotopic (exact) mass is 755 g/mol. The second-order valence-electron chi connectivity index (χ2n) is 15.5. The molecule has 11 aromatic rings. The minimum absolute atomic E-state index is 0.447. The Balaban J connectivity index is 1.11. The Hall–Kier alpha value is -7.20. The quantitative estimate of drug-likeness (QED) is 0.178. The first-order valence-corrected chi connectivity index (χ1v) is 20.7. The zero-order valence-electron chi connectivity index (χ0n) is 31.3. The van der Waals surface area contributed by atoms with Crippen molar-refractivity contribution >= 4 is 70.5 Å². The van der Waals surface area contributed by atoms with Crippen LogP contribution in [0, 0.1) is 0 Å². The van der Waals surface area contributed by atoms with Gasteiger partial charge in [0.25, 0.3) is 0 Å². The van der Waals surface area contributed by atoms with Crippen LogP contribution in [-0.4, -0.2) is 0 Å². The fourth-order valence-corrected chi connectivity index (χ4v) is 11.5. The second-order valence-corrected chi connectivity index (χ2v) is 16.6. The number of para-hydroxylation sites is 2. The number of thiophene rings is 1. The molecule has 1 spiro atoms. The Morgan fingerprint density at radius 3 is 1.66 bits per heavy atom. The summed E-state index contributed by atoms with van der Waals surface area (Å²) >= 11 is 1.86. The summed E-state index contributed by atoms with van der Waals surface area (Å²) in [5.41, 5.74) is 17.5. The van der Waals surface area contributed by atoms with E-state index in [1.165, 1.54) is 64.7 Å². The molecule has 0 fully saturated rings. The number of hydrogen-bond acceptors (Lipinski definition) is 3. The minimum Gasteiger partial charge on any atom is -0.456 e. The number of anilines is 3. The predicted molar refractivity (Wildman–Crippen MR) is 243 cm³/mol. The normalized spacial score (nSPS) is 13.3. The lowest BCUT2D eigenvalue weighted by Crippen LogP contribution is -2.26.